The van der Waals surface area contributed by atoms with Crippen LogP contribution in [0.25, 0.3) is 0 Å². The van der Waals surface area contributed by atoms with Crippen molar-refractivity contribution in [2.45, 2.75) is 32.9 Å². The van der Waals surface area contributed by atoms with Gasteiger partial charge in [0.2, 0.25) is 0 Å². The molecule has 1 heterocycles. The van der Waals surface area contributed by atoms with Crippen LogP contribution in [0.1, 0.15) is 34.7 Å². The van der Waals surface area contributed by atoms with Gasteiger partial charge in [-0.15, -0.1) is 11.3 Å². The van der Waals surface area contributed by atoms with Crippen molar-refractivity contribution >= 4 is 22.9 Å². The molecule has 96 valence electrons. The molecule has 0 aliphatic carbocycles. The summed E-state index contributed by atoms with van der Waals surface area (Å²) < 4.78 is 0. The molecule has 0 unspecified atom stereocenters. The van der Waals surface area contributed by atoms with E-state index in [-0.39, 0.29) is 0 Å². The molecule has 1 atom stereocenters. The van der Waals surface area contributed by atoms with Gasteiger partial charge in [0.25, 0.3) is 0 Å². The summed E-state index contributed by atoms with van der Waals surface area (Å²) in [6, 6.07) is 12.8. The monoisotopic (exact) mass is 279 g/mol. The normalized spacial score (nSPS) is 12.6. The lowest BCUT2D eigenvalue weighted by molar-refractivity contribution is 0.522. The number of aryl methyl sites for hydroxylation is 1. The van der Waals surface area contributed by atoms with Crippen LogP contribution >= 0.6 is 22.9 Å². The van der Waals surface area contributed by atoms with Crippen LogP contribution < -0.4 is 5.32 Å². The van der Waals surface area contributed by atoms with Crippen molar-refractivity contribution in [1.29, 1.82) is 0 Å². The van der Waals surface area contributed by atoms with E-state index in [0.717, 1.165) is 18.0 Å². The van der Waals surface area contributed by atoms with Crippen LogP contribution in [0.5, 0.6) is 0 Å². The van der Waals surface area contributed by atoms with Crippen LogP contribution in [-0.4, -0.2) is 0 Å². The molecule has 1 aromatic heterocycles. The lowest BCUT2D eigenvalue weighted by Gasteiger charge is -2.17. The summed E-state index contributed by atoms with van der Waals surface area (Å²) in [5, 5.41) is 4.40. The highest BCUT2D eigenvalue weighted by Crippen LogP contribution is 2.22. The van der Waals surface area contributed by atoms with Gasteiger partial charge in [0, 0.05) is 27.4 Å². The first-order valence-electron chi connectivity index (χ1n) is 6.23. The van der Waals surface area contributed by atoms with E-state index in [1.807, 2.05) is 29.5 Å². The Morgan fingerprint density at radius 2 is 2.11 bits per heavy atom. The van der Waals surface area contributed by atoms with Gasteiger partial charge in [-0.3, -0.25) is 0 Å². The van der Waals surface area contributed by atoms with Gasteiger partial charge in [-0.25, -0.2) is 0 Å². The zero-order valence-corrected chi connectivity index (χ0v) is 12.3. The van der Waals surface area contributed by atoms with Gasteiger partial charge in [-0.05, 0) is 43.2 Å². The van der Waals surface area contributed by atoms with Gasteiger partial charge < -0.3 is 5.32 Å². The number of halogens is 1. The molecule has 1 N–H and O–H groups in total. The minimum atomic E-state index is 0.367. The summed E-state index contributed by atoms with van der Waals surface area (Å²) in [5.41, 5.74) is 1.26. The van der Waals surface area contributed by atoms with Gasteiger partial charge in [0.05, 0.1) is 0 Å². The van der Waals surface area contributed by atoms with Crippen molar-refractivity contribution in [2.24, 2.45) is 0 Å². The molecule has 0 saturated heterocycles. The van der Waals surface area contributed by atoms with Crippen LogP contribution in [0, 0.1) is 6.92 Å². The Morgan fingerprint density at radius 1 is 1.28 bits per heavy atom. The van der Waals surface area contributed by atoms with Crippen LogP contribution in [0.4, 0.5) is 0 Å². The topological polar surface area (TPSA) is 12.0 Å². The van der Waals surface area contributed by atoms with Crippen molar-refractivity contribution < 1.29 is 0 Å². The van der Waals surface area contributed by atoms with E-state index in [2.05, 4.69) is 37.4 Å². The Bertz CT molecular complexity index is 507. The SMILES string of the molecule is CC[C@H](NCc1ccc(C)s1)c1cccc(Cl)c1. The maximum Gasteiger partial charge on any atom is 0.0409 e. The van der Waals surface area contributed by atoms with Gasteiger partial charge in [0.15, 0.2) is 0 Å². The fourth-order valence-electron chi connectivity index (χ4n) is 2.03. The minimum absolute atomic E-state index is 0.367. The van der Waals surface area contributed by atoms with Crippen molar-refractivity contribution in [3.8, 4) is 0 Å². The van der Waals surface area contributed by atoms with Crippen molar-refractivity contribution in [1.82, 2.24) is 5.32 Å². The molecule has 0 amide bonds. The number of hydrogen-bond acceptors (Lipinski definition) is 2. The van der Waals surface area contributed by atoms with E-state index < -0.39 is 0 Å². The molecule has 0 aliphatic rings. The molecule has 0 fully saturated rings. The van der Waals surface area contributed by atoms with Gasteiger partial charge in [-0.2, -0.15) is 0 Å². The largest absolute Gasteiger partial charge is 0.305 e. The van der Waals surface area contributed by atoms with Crippen molar-refractivity contribution in [3.05, 3.63) is 56.7 Å². The summed E-state index contributed by atoms with van der Waals surface area (Å²) in [6.07, 6.45) is 1.06. The third kappa shape index (κ3) is 3.58. The lowest BCUT2D eigenvalue weighted by Crippen LogP contribution is -2.19. The van der Waals surface area contributed by atoms with Gasteiger partial charge in [-0.1, -0.05) is 30.7 Å². The van der Waals surface area contributed by atoms with Crippen LogP contribution in [0.15, 0.2) is 36.4 Å². The second-order valence-electron chi connectivity index (χ2n) is 4.41. The number of rotatable bonds is 5. The Balaban J connectivity index is 2.01. The number of thiophene rings is 1. The highest BCUT2D eigenvalue weighted by Gasteiger charge is 2.09. The summed E-state index contributed by atoms with van der Waals surface area (Å²) in [7, 11) is 0. The van der Waals surface area contributed by atoms with Crippen LogP contribution in [0.2, 0.25) is 5.02 Å². The molecule has 0 aliphatic heterocycles. The molecule has 0 radical (unpaired) electrons. The summed E-state index contributed by atoms with van der Waals surface area (Å²) in [5.74, 6) is 0. The Labute approximate surface area is 118 Å². The van der Waals surface area contributed by atoms with E-state index in [4.69, 9.17) is 11.6 Å². The summed E-state index contributed by atoms with van der Waals surface area (Å²) in [4.78, 5) is 2.75. The summed E-state index contributed by atoms with van der Waals surface area (Å²) >= 11 is 7.89. The first kappa shape index (κ1) is 13.6. The second kappa shape index (κ2) is 6.37. The predicted octanol–water partition coefficient (Wildman–Crippen LogP) is 4.95. The first-order valence-corrected chi connectivity index (χ1v) is 7.42. The molecule has 0 bridgehead atoms. The summed E-state index contributed by atoms with van der Waals surface area (Å²) in [6.45, 7) is 5.25. The van der Waals surface area contributed by atoms with Crippen LogP contribution in [0.3, 0.4) is 0 Å². The lowest BCUT2D eigenvalue weighted by atomic mass is 10.0. The minimum Gasteiger partial charge on any atom is -0.305 e. The highest BCUT2D eigenvalue weighted by atomic mass is 35.5. The molecule has 0 saturated carbocycles. The van der Waals surface area contributed by atoms with E-state index in [9.17, 15) is 0 Å². The fraction of sp³-hybridized carbons (Fsp3) is 0.333. The molecule has 2 aromatic rings. The van der Waals surface area contributed by atoms with E-state index >= 15 is 0 Å². The smallest absolute Gasteiger partial charge is 0.0409 e. The number of nitrogens with one attached hydrogen (secondary N) is 1. The fourth-order valence-corrected chi connectivity index (χ4v) is 3.07. The molecule has 3 heteroatoms. The van der Waals surface area contributed by atoms with E-state index in [0.29, 0.717) is 6.04 Å². The predicted molar refractivity (Wildman–Crippen MR) is 80.4 cm³/mol. The Morgan fingerprint density at radius 3 is 2.72 bits per heavy atom. The third-order valence-corrected chi connectivity index (χ3v) is 4.21. The first-order chi connectivity index (χ1) is 8.69. The van der Waals surface area contributed by atoms with E-state index in [1.54, 1.807) is 0 Å². The highest BCUT2D eigenvalue weighted by molar-refractivity contribution is 7.11. The van der Waals surface area contributed by atoms with Gasteiger partial charge in [0.1, 0.15) is 0 Å². The number of benzene rings is 1. The number of hydrogen-bond donors (Lipinski definition) is 1. The van der Waals surface area contributed by atoms with Crippen molar-refractivity contribution in [3.63, 3.8) is 0 Å². The molecule has 0 spiro atoms. The zero-order chi connectivity index (χ0) is 13.0. The van der Waals surface area contributed by atoms with Gasteiger partial charge >= 0.3 is 0 Å². The molecule has 1 aromatic carbocycles. The Hall–Kier alpha value is -0.830. The quantitative estimate of drug-likeness (QED) is 0.816. The average Bonchev–Trinajstić information content (AvgIpc) is 2.76. The molecular formula is C15H18ClNS. The zero-order valence-electron chi connectivity index (χ0n) is 10.7. The molecule has 1 nitrogen and oxygen atoms in total. The van der Waals surface area contributed by atoms with E-state index in [1.165, 1.54) is 15.3 Å². The third-order valence-electron chi connectivity index (χ3n) is 2.98. The second-order valence-corrected chi connectivity index (χ2v) is 6.22. The molecule has 18 heavy (non-hydrogen) atoms. The van der Waals surface area contributed by atoms with Crippen LogP contribution in [-0.2, 0) is 6.54 Å². The standard InChI is InChI=1S/C15H18ClNS/c1-3-15(12-5-4-6-13(16)9-12)17-10-14-8-7-11(2)18-14/h4-9,15,17H,3,10H2,1-2H3/t15-/m0/s1. The molecule has 2 rings (SSSR count). The van der Waals surface area contributed by atoms with Crippen molar-refractivity contribution in [2.75, 3.05) is 0 Å². The maximum absolute atomic E-state index is 6.04. The Kier molecular flexibility index (Phi) is 4.81. The molecular weight excluding hydrogens is 262 g/mol. The maximum atomic E-state index is 6.04. The average molecular weight is 280 g/mol.